The van der Waals surface area contributed by atoms with Crippen molar-refractivity contribution in [3.05, 3.63) is 64.8 Å². The molecule has 0 aliphatic rings. The van der Waals surface area contributed by atoms with Gasteiger partial charge in [-0.1, -0.05) is 39.3 Å². The van der Waals surface area contributed by atoms with Crippen molar-refractivity contribution in [3.63, 3.8) is 0 Å². The smallest absolute Gasteiger partial charge is 0.231 e. The minimum atomic E-state index is 0.553. The number of benzene rings is 1. The Morgan fingerprint density at radius 2 is 2.05 bits per heavy atom. The van der Waals surface area contributed by atoms with Crippen LogP contribution in [0.1, 0.15) is 11.5 Å². The molecule has 0 saturated carbocycles. The Hall–Kier alpha value is -2.54. The predicted octanol–water partition coefficient (Wildman–Crippen LogP) is 3.13. The summed E-state index contributed by atoms with van der Waals surface area (Å²) in [5.74, 6) is 1.13. The third kappa shape index (κ3) is 2.39. The Morgan fingerprint density at radius 3 is 2.95 bits per heavy atom. The van der Waals surface area contributed by atoms with E-state index in [9.17, 15) is 0 Å². The quantitative estimate of drug-likeness (QED) is 0.564. The second kappa shape index (κ2) is 5.34. The topological polar surface area (TPSA) is 69.1 Å². The first-order valence-electron chi connectivity index (χ1n) is 6.65. The van der Waals surface area contributed by atoms with Gasteiger partial charge in [-0.05, 0) is 23.8 Å². The lowest BCUT2D eigenvalue weighted by atomic mass is 10.1. The molecule has 0 bridgehead atoms. The second-order valence-corrected chi connectivity index (χ2v) is 5.65. The fourth-order valence-corrected chi connectivity index (χ4v) is 2.63. The molecule has 108 valence electrons. The van der Waals surface area contributed by atoms with Gasteiger partial charge in [0.1, 0.15) is 6.33 Å². The van der Waals surface area contributed by atoms with Crippen LogP contribution in [-0.2, 0) is 6.42 Å². The third-order valence-electron chi connectivity index (χ3n) is 3.32. The standard InChI is InChI=1S/C15H10BrN5O/c16-12-4-2-1-3-10(12)7-14-18-15(20-22-14)11-5-6-13-19-17-9-21(13)8-11/h1-6,8-9H,7H2. The highest BCUT2D eigenvalue weighted by atomic mass is 79.9. The van der Waals surface area contributed by atoms with E-state index < -0.39 is 0 Å². The molecule has 7 heteroatoms. The predicted molar refractivity (Wildman–Crippen MR) is 83.2 cm³/mol. The minimum Gasteiger partial charge on any atom is -0.339 e. The highest BCUT2D eigenvalue weighted by molar-refractivity contribution is 9.10. The van der Waals surface area contributed by atoms with Crippen LogP contribution in [0.15, 0.2) is 57.9 Å². The summed E-state index contributed by atoms with van der Waals surface area (Å²) in [6.07, 6.45) is 4.10. The lowest BCUT2D eigenvalue weighted by molar-refractivity contribution is 0.385. The third-order valence-corrected chi connectivity index (χ3v) is 4.09. The molecule has 0 spiro atoms. The molecule has 6 nitrogen and oxygen atoms in total. The van der Waals surface area contributed by atoms with E-state index in [1.165, 1.54) is 0 Å². The van der Waals surface area contributed by atoms with Crippen LogP contribution in [0.5, 0.6) is 0 Å². The molecule has 0 aliphatic heterocycles. The van der Waals surface area contributed by atoms with Crippen LogP contribution >= 0.6 is 15.9 Å². The summed E-state index contributed by atoms with van der Waals surface area (Å²) in [5, 5.41) is 11.9. The number of hydrogen-bond donors (Lipinski definition) is 0. The highest BCUT2D eigenvalue weighted by Crippen LogP contribution is 2.21. The van der Waals surface area contributed by atoms with E-state index in [1.54, 1.807) is 6.33 Å². The van der Waals surface area contributed by atoms with Crippen molar-refractivity contribution in [1.82, 2.24) is 24.7 Å². The van der Waals surface area contributed by atoms with Crippen molar-refractivity contribution < 1.29 is 4.52 Å². The molecule has 4 rings (SSSR count). The zero-order valence-electron chi connectivity index (χ0n) is 11.3. The number of fused-ring (bicyclic) bond motifs is 1. The van der Waals surface area contributed by atoms with Crippen molar-refractivity contribution in [2.24, 2.45) is 0 Å². The molecule has 0 fully saturated rings. The molecule has 0 atom stereocenters. The van der Waals surface area contributed by atoms with Crippen LogP contribution in [-0.4, -0.2) is 24.7 Å². The van der Waals surface area contributed by atoms with E-state index in [-0.39, 0.29) is 0 Å². The summed E-state index contributed by atoms with van der Waals surface area (Å²) in [7, 11) is 0. The fourth-order valence-electron chi connectivity index (χ4n) is 2.21. The van der Waals surface area contributed by atoms with Gasteiger partial charge in [0.15, 0.2) is 5.65 Å². The molecule has 4 aromatic rings. The van der Waals surface area contributed by atoms with Crippen LogP contribution in [0.4, 0.5) is 0 Å². The first-order chi connectivity index (χ1) is 10.8. The van der Waals surface area contributed by atoms with Crippen molar-refractivity contribution in [3.8, 4) is 11.4 Å². The lowest BCUT2D eigenvalue weighted by Crippen LogP contribution is -1.90. The number of nitrogens with zero attached hydrogens (tertiary/aromatic N) is 5. The molecule has 3 heterocycles. The monoisotopic (exact) mass is 355 g/mol. The number of aromatic nitrogens is 5. The van der Waals surface area contributed by atoms with Crippen molar-refractivity contribution in [1.29, 1.82) is 0 Å². The first kappa shape index (κ1) is 13.1. The molecule has 0 unspecified atom stereocenters. The number of rotatable bonds is 3. The van der Waals surface area contributed by atoms with Crippen LogP contribution in [0.2, 0.25) is 0 Å². The molecule has 0 radical (unpaired) electrons. The zero-order valence-corrected chi connectivity index (χ0v) is 12.9. The van der Waals surface area contributed by atoms with E-state index in [1.807, 2.05) is 47.0 Å². The lowest BCUT2D eigenvalue weighted by Gasteiger charge is -1.99. The average molecular weight is 356 g/mol. The number of hydrogen-bond acceptors (Lipinski definition) is 5. The van der Waals surface area contributed by atoms with Crippen molar-refractivity contribution >= 4 is 21.6 Å². The maximum Gasteiger partial charge on any atom is 0.231 e. The molecule has 1 aromatic carbocycles. The van der Waals surface area contributed by atoms with Gasteiger partial charge in [-0.15, -0.1) is 10.2 Å². The SMILES string of the molecule is Brc1ccccc1Cc1nc(-c2ccc3nncn3c2)no1. The molecule has 0 aliphatic carbocycles. The van der Waals surface area contributed by atoms with E-state index >= 15 is 0 Å². The number of halogens is 1. The van der Waals surface area contributed by atoms with Gasteiger partial charge >= 0.3 is 0 Å². The fraction of sp³-hybridized carbons (Fsp3) is 0.0667. The van der Waals surface area contributed by atoms with Gasteiger partial charge in [0, 0.05) is 16.2 Å². The van der Waals surface area contributed by atoms with Gasteiger partial charge in [0.25, 0.3) is 0 Å². The van der Waals surface area contributed by atoms with Crippen LogP contribution in [0, 0.1) is 0 Å². The van der Waals surface area contributed by atoms with E-state index in [0.29, 0.717) is 18.1 Å². The minimum absolute atomic E-state index is 0.553. The molecule has 22 heavy (non-hydrogen) atoms. The molecule has 3 aromatic heterocycles. The summed E-state index contributed by atoms with van der Waals surface area (Å²) < 4.78 is 8.20. The first-order valence-corrected chi connectivity index (χ1v) is 7.45. The normalized spacial score (nSPS) is 11.1. The Balaban J connectivity index is 1.64. The van der Waals surface area contributed by atoms with Gasteiger partial charge in [0.05, 0.1) is 6.42 Å². The van der Waals surface area contributed by atoms with Crippen LogP contribution < -0.4 is 0 Å². The second-order valence-electron chi connectivity index (χ2n) is 4.79. The van der Waals surface area contributed by atoms with Gasteiger partial charge in [0.2, 0.25) is 11.7 Å². The molecule has 0 saturated heterocycles. The molecule has 0 N–H and O–H groups in total. The Bertz CT molecular complexity index is 946. The van der Waals surface area contributed by atoms with Gasteiger partial charge in [-0.2, -0.15) is 4.98 Å². The van der Waals surface area contributed by atoms with E-state index in [4.69, 9.17) is 4.52 Å². The van der Waals surface area contributed by atoms with Gasteiger partial charge in [-0.25, -0.2) is 0 Å². The molecular weight excluding hydrogens is 346 g/mol. The summed E-state index contributed by atoms with van der Waals surface area (Å²) in [6, 6.07) is 11.7. The summed E-state index contributed by atoms with van der Waals surface area (Å²) in [5.41, 5.74) is 2.74. The molecular formula is C15H10BrN5O. The van der Waals surface area contributed by atoms with Gasteiger partial charge < -0.3 is 4.52 Å². The Kier molecular flexibility index (Phi) is 3.19. The van der Waals surface area contributed by atoms with Crippen LogP contribution in [0.25, 0.3) is 17.0 Å². The number of pyridine rings is 1. The largest absolute Gasteiger partial charge is 0.339 e. The van der Waals surface area contributed by atoms with Crippen molar-refractivity contribution in [2.75, 3.05) is 0 Å². The summed E-state index contributed by atoms with van der Waals surface area (Å²) >= 11 is 3.52. The Labute approximate surface area is 133 Å². The maximum atomic E-state index is 5.35. The Morgan fingerprint density at radius 1 is 1.14 bits per heavy atom. The highest BCUT2D eigenvalue weighted by Gasteiger charge is 2.11. The maximum absolute atomic E-state index is 5.35. The molecule has 0 amide bonds. The summed E-state index contributed by atoms with van der Waals surface area (Å²) in [6.45, 7) is 0. The van der Waals surface area contributed by atoms with Crippen molar-refractivity contribution in [2.45, 2.75) is 6.42 Å². The van der Waals surface area contributed by atoms with Gasteiger partial charge in [-0.3, -0.25) is 4.40 Å². The average Bonchev–Trinajstić information content (AvgIpc) is 3.17. The summed E-state index contributed by atoms with van der Waals surface area (Å²) in [4.78, 5) is 4.46. The van der Waals surface area contributed by atoms with E-state index in [2.05, 4.69) is 36.3 Å². The zero-order chi connectivity index (χ0) is 14.9. The van der Waals surface area contributed by atoms with E-state index in [0.717, 1.165) is 21.2 Å². The van der Waals surface area contributed by atoms with Crippen LogP contribution in [0.3, 0.4) is 0 Å².